The summed E-state index contributed by atoms with van der Waals surface area (Å²) in [5.74, 6) is -1.51. The SMILES string of the molecule is CCCC(C)COC(CC(=O)O)C(F)(F)F. The molecule has 0 fully saturated rings. The lowest BCUT2D eigenvalue weighted by Gasteiger charge is -2.21. The minimum atomic E-state index is -4.62. The van der Waals surface area contributed by atoms with Crippen LogP contribution in [0.25, 0.3) is 0 Å². The molecule has 0 amide bonds. The third-order valence-electron chi connectivity index (χ3n) is 2.09. The van der Waals surface area contributed by atoms with Crippen LogP contribution in [0, 0.1) is 5.92 Å². The van der Waals surface area contributed by atoms with Crippen LogP contribution < -0.4 is 0 Å². The van der Waals surface area contributed by atoms with Crippen molar-refractivity contribution in [3.8, 4) is 0 Å². The highest BCUT2D eigenvalue weighted by Gasteiger charge is 2.42. The number of rotatable bonds is 7. The molecule has 0 aliphatic rings. The summed E-state index contributed by atoms with van der Waals surface area (Å²) in [6, 6.07) is 0. The fourth-order valence-electron chi connectivity index (χ4n) is 1.28. The molecule has 0 rings (SSSR count). The van der Waals surface area contributed by atoms with Gasteiger partial charge >= 0.3 is 12.1 Å². The van der Waals surface area contributed by atoms with E-state index in [0.717, 1.165) is 12.8 Å². The quantitative estimate of drug-likeness (QED) is 0.746. The molecule has 2 unspecified atom stereocenters. The predicted octanol–water partition coefficient (Wildman–Crippen LogP) is 2.84. The summed E-state index contributed by atoms with van der Waals surface area (Å²) in [4.78, 5) is 10.2. The average Bonchev–Trinajstić information content (AvgIpc) is 2.10. The van der Waals surface area contributed by atoms with Gasteiger partial charge in [-0.1, -0.05) is 20.3 Å². The number of carbonyl (C=O) groups is 1. The lowest BCUT2D eigenvalue weighted by atomic mass is 10.1. The smallest absolute Gasteiger partial charge is 0.415 e. The number of aliphatic carboxylic acids is 1. The molecule has 0 radical (unpaired) electrons. The number of ether oxygens (including phenoxy) is 1. The lowest BCUT2D eigenvalue weighted by molar-refractivity contribution is -0.226. The van der Waals surface area contributed by atoms with Crippen molar-refractivity contribution >= 4 is 5.97 Å². The van der Waals surface area contributed by atoms with Gasteiger partial charge in [-0.15, -0.1) is 0 Å². The van der Waals surface area contributed by atoms with Crippen molar-refractivity contribution in [1.29, 1.82) is 0 Å². The van der Waals surface area contributed by atoms with E-state index in [1.54, 1.807) is 6.92 Å². The lowest BCUT2D eigenvalue weighted by Crippen LogP contribution is -2.35. The van der Waals surface area contributed by atoms with E-state index in [0.29, 0.717) is 0 Å². The Labute approximate surface area is 92.6 Å². The number of hydrogen-bond acceptors (Lipinski definition) is 2. The van der Waals surface area contributed by atoms with Gasteiger partial charge in [-0.3, -0.25) is 4.79 Å². The molecule has 96 valence electrons. The highest BCUT2D eigenvalue weighted by atomic mass is 19.4. The highest BCUT2D eigenvalue weighted by Crippen LogP contribution is 2.26. The van der Waals surface area contributed by atoms with Gasteiger partial charge in [0.15, 0.2) is 6.10 Å². The maximum absolute atomic E-state index is 12.3. The number of carboxylic acid groups (broad SMARTS) is 1. The topological polar surface area (TPSA) is 46.5 Å². The first kappa shape index (κ1) is 15.2. The van der Waals surface area contributed by atoms with Crippen LogP contribution in [-0.2, 0) is 9.53 Å². The molecule has 0 heterocycles. The van der Waals surface area contributed by atoms with Crippen LogP contribution in [0.15, 0.2) is 0 Å². The van der Waals surface area contributed by atoms with Gasteiger partial charge in [0.2, 0.25) is 0 Å². The summed E-state index contributed by atoms with van der Waals surface area (Å²) in [5, 5.41) is 8.34. The molecule has 0 aromatic heterocycles. The van der Waals surface area contributed by atoms with Crippen molar-refractivity contribution in [3.63, 3.8) is 0 Å². The average molecular weight is 242 g/mol. The first-order valence-corrected chi connectivity index (χ1v) is 5.17. The Morgan fingerprint density at radius 3 is 2.38 bits per heavy atom. The fourth-order valence-corrected chi connectivity index (χ4v) is 1.28. The molecule has 0 saturated heterocycles. The zero-order valence-corrected chi connectivity index (χ0v) is 9.38. The number of carboxylic acids is 1. The number of halogens is 3. The van der Waals surface area contributed by atoms with E-state index < -0.39 is 24.7 Å². The second-order valence-corrected chi connectivity index (χ2v) is 3.86. The van der Waals surface area contributed by atoms with E-state index in [1.165, 1.54) is 0 Å². The Bertz CT molecular complexity index is 216. The van der Waals surface area contributed by atoms with Gasteiger partial charge in [0.1, 0.15) is 0 Å². The minimum Gasteiger partial charge on any atom is -0.481 e. The second-order valence-electron chi connectivity index (χ2n) is 3.86. The summed E-state index contributed by atoms with van der Waals surface area (Å²) >= 11 is 0. The van der Waals surface area contributed by atoms with Crippen LogP contribution in [0.1, 0.15) is 33.1 Å². The van der Waals surface area contributed by atoms with E-state index in [9.17, 15) is 18.0 Å². The first-order valence-electron chi connectivity index (χ1n) is 5.17. The van der Waals surface area contributed by atoms with Gasteiger partial charge in [-0.2, -0.15) is 13.2 Å². The van der Waals surface area contributed by atoms with Crippen LogP contribution in [0.2, 0.25) is 0 Å². The van der Waals surface area contributed by atoms with Crippen LogP contribution in [0.5, 0.6) is 0 Å². The standard InChI is InChI=1S/C10H17F3O3/c1-3-4-7(2)6-16-8(5-9(14)15)10(11,12)13/h7-8H,3-6H2,1-2H3,(H,14,15). The maximum Gasteiger partial charge on any atom is 0.415 e. The van der Waals surface area contributed by atoms with E-state index in [1.807, 2.05) is 6.92 Å². The van der Waals surface area contributed by atoms with Crippen LogP contribution in [-0.4, -0.2) is 30.0 Å². The molecule has 0 aromatic carbocycles. The molecule has 0 spiro atoms. The van der Waals surface area contributed by atoms with Gasteiger partial charge in [0.25, 0.3) is 0 Å². The molecule has 6 heteroatoms. The third kappa shape index (κ3) is 6.66. The Kier molecular flexibility index (Phi) is 6.40. The van der Waals surface area contributed by atoms with Crippen molar-refractivity contribution in [2.75, 3.05) is 6.61 Å². The number of alkyl halides is 3. The largest absolute Gasteiger partial charge is 0.481 e. The summed E-state index contributed by atoms with van der Waals surface area (Å²) in [7, 11) is 0. The van der Waals surface area contributed by atoms with E-state index >= 15 is 0 Å². The monoisotopic (exact) mass is 242 g/mol. The van der Waals surface area contributed by atoms with Crippen LogP contribution >= 0.6 is 0 Å². The Hall–Kier alpha value is -0.780. The fraction of sp³-hybridized carbons (Fsp3) is 0.900. The summed E-state index contributed by atoms with van der Waals surface area (Å²) in [6.45, 7) is 3.64. The Balaban J connectivity index is 4.17. The molecule has 0 aliphatic heterocycles. The van der Waals surface area contributed by atoms with Crippen LogP contribution in [0.4, 0.5) is 13.2 Å². The predicted molar refractivity (Wildman–Crippen MR) is 52.1 cm³/mol. The van der Waals surface area contributed by atoms with Gasteiger partial charge in [0, 0.05) is 6.61 Å². The normalized spacial score (nSPS) is 15.8. The van der Waals surface area contributed by atoms with Gasteiger partial charge < -0.3 is 9.84 Å². The van der Waals surface area contributed by atoms with Crippen molar-refractivity contribution < 1.29 is 27.8 Å². The Morgan fingerprint density at radius 1 is 1.44 bits per heavy atom. The zero-order chi connectivity index (χ0) is 12.8. The molecule has 2 atom stereocenters. The van der Waals surface area contributed by atoms with Crippen LogP contribution in [0.3, 0.4) is 0 Å². The van der Waals surface area contributed by atoms with Gasteiger partial charge in [-0.05, 0) is 12.3 Å². The number of hydrogen-bond donors (Lipinski definition) is 1. The molecule has 1 N–H and O–H groups in total. The molecular weight excluding hydrogens is 225 g/mol. The zero-order valence-electron chi connectivity index (χ0n) is 9.38. The van der Waals surface area contributed by atoms with Crippen molar-refractivity contribution in [3.05, 3.63) is 0 Å². The molecule has 3 nitrogen and oxygen atoms in total. The van der Waals surface area contributed by atoms with Crippen molar-refractivity contribution in [2.45, 2.75) is 45.4 Å². The Morgan fingerprint density at radius 2 is 2.00 bits per heavy atom. The van der Waals surface area contributed by atoms with Gasteiger partial charge in [-0.25, -0.2) is 0 Å². The summed E-state index contributed by atoms with van der Waals surface area (Å²) in [5.41, 5.74) is 0. The first-order chi connectivity index (χ1) is 7.27. The second kappa shape index (κ2) is 6.73. The maximum atomic E-state index is 12.3. The molecular formula is C10H17F3O3. The highest BCUT2D eigenvalue weighted by molar-refractivity contribution is 5.67. The third-order valence-corrected chi connectivity index (χ3v) is 2.09. The summed E-state index contributed by atoms with van der Waals surface area (Å²) in [6.07, 6.45) is -6.24. The van der Waals surface area contributed by atoms with Crippen molar-refractivity contribution in [1.82, 2.24) is 0 Å². The molecule has 0 aliphatic carbocycles. The molecule has 0 bridgehead atoms. The van der Waals surface area contributed by atoms with E-state index in [4.69, 9.17) is 5.11 Å². The minimum absolute atomic E-state index is 0.00337. The van der Waals surface area contributed by atoms with Crippen molar-refractivity contribution in [2.24, 2.45) is 5.92 Å². The summed E-state index contributed by atoms with van der Waals surface area (Å²) < 4.78 is 41.6. The molecule has 0 aromatic rings. The van der Waals surface area contributed by atoms with E-state index in [2.05, 4.69) is 4.74 Å². The molecule has 16 heavy (non-hydrogen) atoms. The molecule has 0 saturated carbocycles. The van der Waals surface area contributed by atoms with Gasteiger partial charge in [0.05, 0.1) is 6.42 Å². The van der Waals surface area contributed by atoms with E-state index in [-0.39, 0.29) is 12.5 Å².